The minimum absolute atomic E-state index is 0.0613. The van der Waals surface area contributed by atoms with Gasteiger partial charge in [-0.15, -0.1) is 6.58 Å². The molecule has 0 aromatic carbocycles. The standard InChI is InChI=1S/C20H32INO2/c1-6-17(4)12-15-20(21)13(2)8-11-18(14(3)16(17)23)9-7-10-19(18,20)22(5)24-15/h6,13-16,23H,1,7-12H2,2-5H3/t13?,14-,15+,16-,17+,18?,19-,20?/m0/s1. The first-order valence-electron chi connectivity index (χ1n) is 9.61. The number of rotatable bonds is 1. The fraction of sp³-hybridized carbons (Fsp3) is 0.900. The Morgan fingerprint density at radius 1 is 1.29 bits per heavy atom. The van der Waals surface area contributed by atoms with Crippen molar-refractivity contribution < 1.29 is 9.94 Å². The molecule has 0 radical (unpaired) electrons. The molecule has 1 N–H and O–H groups in total. The molecule has 3 unspecified atom stereocenters. The first-order valence-corrected chi connectivity index (χ1v) is 10.7. The highest BCUT2D eigenvalue weighted by Gasteiger charge is 2.79. The third-order valence-corrected chi connectivity index (χ3v) is 11.4. The van der Waals surface area contributed by atoms with Gasteiger partial charge in [0.05, 0.1) is 21.2 Å². The second kappa shape index (κ2) is 5.20. The van der Waals surface area contributed by atoms with Crippen LogP contribution < -0.4 is 0 Å². The molecule has 4 heteroatoms. The summed E-state index contributed by atoms with van der Waals surface area (Å²) in [6.07, 6.45) is 8.79. The smallest absolute Gasteiger partial charge is 0.0969 e. The lowest BCUT2D eigenvalue weighted by molar-refractivity contribution is -0.203. The summed E-state index contributed by atoms with van der Waals surface area (Å²) in [6.45, 7) is 11.0. The number of aliphatic hydroxyl groups excluding tert-OH is 1. The Kier molecular flexibility index (Phi) is 3.85. The molecule has 24 heavy (non-hydrogen) atoms. The van der Waals surface area contributed by atoms with Crippen LogP contribution in [0.25, 0.3) is 0 Å². The molecule has 136 valence electrons. The normalized spacial score (nSPS) is 60.4. The summed E-state index contributed by atoms with van der Waals surface area (Å²) in [7, 11) is 2.17. The van der Waals surface area contributed by atoms with E-state index in [-0.39, 0.29) is 37.9 Å². The average Bonchev–Trinajstić information content (AvgIpc) is 3.06. The van der Waals surface area contributed by atoms with Crippen LogP contribution in [0.2, 0.25) is 0 Å². The Morgan fingerprint density at radius 2 is 2.00 bits per heavy atom. The molecular formula is C20H32INO2. The van der Waals surface area contributed by atoms with Crippen LogP contribution in [0.15, 0.2) is 12.7 Å². The fourth-order valence-corrected chi connectivity index (χ4v) is 9.17. The Bertz CT molecular complexity index is 570. The van der Waals surface area contributed by atoms with E-state index in [1.165, 1.54) is 32.1 Å². The lowest BCUT2D eigenvalue weighted by Gasteiger charge is -2.64. The van der Waals surface area contributed by atoms with Gasteiger partial charge in [0, 0.05) is 12.5 Å². The van der Waals surface area contributed by atoms with Gasteiger partial charge in [-0.1, -0.05) is 55.9 Å². The zero-order valence-electron chi connectivity index (χ0n) is 15.5. The summed E-state index contributed by atoms with van der Waals surface area (Å²) in [4.78, 5) is 6.59. The van der Waals surface area contributed by atoms with E-state index in [0.717, 1.165) is 6.42 Å². The predicted molar refractivity (Wildman–Crippen MR) is 105 cm³/mol. The third kappa shape index (κ3) is 1.66. The summed E-state index contributed by atoms with van der Waals surface area (Å²) in [6, 6.07) is 0. The number of nitrogens with zero attached hydrogens (tertiary/aromatic N) is 1. The molecule has 1 aliphatic heterocycles. The first-order chi connectivity index (χ1) is 11.2. The average molecular weight is 445 g/mol. The van der Waals surface area contributed by atoms with Crippen molar-refractivity contribution in [1.29, 1.82) is 0 Å². The van der Waals surface area contributed by atoms with Gasteiger partial charge in [-0.3, -0.25) is 4.84 Å². The second-order valence-corrected chi connectivity index (χ2v) is 11.1. The van der Waals surface area contributed by atoms with E-state index in [9.17, 15) is 5.11 Å². The quantitative estimate of drug-likeness (QED) is 0.371. The molecule has 1 heterocycles. The maximum Gasteiger partial charge on any atom is 0.0969 e. The highest BCUT2D eigenvalue weighted by Crippen LogP contribution is 2.74. The monoisotopic (exact) mass is 445 g/mol. The van der Waals surface area contributed by atoms with Crippen molar-refractivity contribution in [3.8, 4) is 0 Å². The van der Waals surface area contributed by atoms with Crippen molar-refractivity contribution >= 4 is 22.6 Å². The van der Waals surface area contributed by atoms with Crippen molar-refractivity contribution in [2.75, 3.05) is 7.05 Å². The van der Waals surface area contributed by atoms with Crippen molar-refractivity contribution in [3.63, 3.8) is 0 Å². The molecular weight excluding hydrogens is 413 g/mol. The van der Waals surface area contributed by atoms with Gasteiger partial charge >= 0.3 is 0 Å². The van der Waals surface area contributed by atoms with E-state index in [0.29, 0.717) is 5.92 Å². The van der Waals surface area contributed by atoms with E-state index in [1.807, 2.05) is 6.08 Å². The Labute approximate surface area is 160 Å². The largest absolute Gasteiger partial charge is 0.392 e. The second-order valence-electron chi connectivity index (χ2n) is 9.32. The first kappa shape index (κ1) is 17.7. The van der Waals surface area contributed by atoms with Crippen LogP contribution in [0.5, 0.6) is 0 Å². The molecule has 1 saturated heterocycles. The number of hydrogen-bond acceptors (Lipinski definition) is 3. The fourth-order valence-electron chi connectivity index (χ4n) is 7.38. The molecule has 0 aromatic rings. The minimum atomic E-state index is -0.348. The van der Waals surface area contributed by atoms with Gasteiger partial charge < -0.3 is 5.11 Å². The van der Waals surface area contributed by atoms with E-state index in [1.54, 1.807) is 0 Å². The molecule has 4 fully saturated rings. The topological polar surface area (TPSA) is 32.7 Å². The van der Waals surface area contributed by atoms with Crippen LogP contribution in [0, 0.1) is 22.7 Å². The van der Waals surface area contributed by atoms with E-state index in [4.69, 9.17) is 4.84 Å². The van der Waals surface area contributed by atoms with Gasteiger partial charge in [0.2, 0.25) is 0 Å². The maximum absolute atomic E-state index is 11.4. The summed E-state index contributed by atoms with van der Waals surface area (Å²) < 4.78 is 0.118. The molecule has 4 aliphatic rings. The molecule has 8 atom stereocenters. The lowest BCUT2D eigenvalue weighted by atomic mass is 9.46. The summed E-state index contributed by atoms with van der Waals surface area (Å²) in [5, 5.41) is 13.7. The van der Waals surface area contributed by atoms with Gasteiger partial charge in [0.1, 0.15) is 0 Å². The number of aliphatic hydroxyl groups is 1. The van der Waals surface area contributed by atoms with Crippen LogP contribution in [0.3, 0.4) is 0 Å². The molecule has 0 aromatic heterocycles. The molecule has 3 saturated carbocycles. The van der Waals surface area contributed by atoms with Crippen LogP contribution in [0.4, 0.5) is 0 Å². The Morgan fingerprint density at radius 3 is 2.67 bits per heavy atom. The van der Waals surface area contributed by atoms with Gasteiger partial charge in [-0.2, -0.15) is 5.06 Å². The number of hydrogen-bond donors (Lipinski definition) is 1. The summed E-state index contributed by atoms with van der Waals surface area (Å²) in [5.74, 6) is 0.894. The SMILES string of the molecule is C=C[C@]1(C)C[C@H]2ON(C)[C@@]34CCCC3(CCC(C)C24I)[C@@H](C)[C@@H]1O. The minimum Gasteiger partial charge on any atom is -0.392 e. The zero-order valence-corrected chi connectivity index (χ0v) is 17.7. The molecule has 1 spiro atoms. The molecule has 3 aliphatic carbocycles. The van der Waals surface area contributed by atoms with Crippen LogP contribution in [-0.2, 0) is 4.84 Å². The van der Waals surface area contributed by atoms with Crippen molar-refractivity contribution in [2.24, 2.45) is 22.7 Å². The third-order valence-electron chi connectivity index (χ3n) is 8.76. The molecule has 0 amide bonds. The van der Waals surface area contributed by atoms with Gasteiger partial charge in [-0.05, 0) is 49.4 Å². The van der Waals surface area contributed by atoms with Gasteiger partial charge in [-0.25, -0.2) is 0 Å². The van der Waals surface area contributed by atoms with Gasteiger partial charge in [0.25, 0.3) is 0 Å². The highest BCUT2D eigenvalue weighted by atomic mass is 127. The van der Waals surface area contributed by atoms with E-state index in [2.05, 4.69) is 62.1 Å². The summed E-state index contributed by atoms with van der Waals surface area (Å²) in [5.41, 5.74) is -0.0788. The number of alkyl halides is 1. The maximum atomic E-state index is 11.4. The van der Waals surface area contributed by atoms with Crippen molar-refractivity contribution in [1.82, 2.24) is 5.06 Å². The van der Waals surface area contributed by atoms with Crippen molar-refractivity contribution in [3.05, 3.63) is 12.7 Å². The predicted octanol–water partition coefficient (Wildman–Crippen LogP) is 4.34. The summed E-state index contributed by atoms with van der Waals surface area (Å²) >= 11 is 2.79. The molecule has 4 bridgehead atoms. The number of hydroxylamine groups is 2. The van der Waals surface area contributed by atoms with E-state index >= 15 is 0 Å². The highest BCUT2D eigenvalue weighted by molar-refractivity contribution is 14.1. The lowest BCUT2D eigenvalue weighted by Crippen LogP contribution is -2.72. The zero-order chi connectivity index (χ0) is 17.5. The molecule has 3 nitrogen and oxygen atoms in total. The number of halogens is 1. The van der Waals surface area contributed by atoms with Crippen LogP contribution in [0.1, 0.15) is 59.3 Å². The Balaban J connectivity index is 1.99. The van der Waals surface area contributed by atoms with E-state index < -0.39 is 0 Å². The van der Waals surface area contributed by atoms with Crippen LogP contribution >= 0.6 is 22.6 Å². The van der Waals surface area contributed by atoms with Crippen LogP contribution in [-0.4, -0.2) is 38.4 Å². The Hall–Kier alpha value is 0.350. The molecule has 4 rings (SSSR count). The van der Waals surface area contributed by atoms with Gasteiger partial charge in [0.15, 0.2) is 0 Å². The van der Waals surface area contributed by atoms with Crippen molar-refractivity contribution in [2.45, 2.75) is 80.5 Å².